The molecular formula is C17H14ClN3O2. The number of hydrogen-bond donors (Lipinski definition) is 1. The molecule has 1 heterocycles. The molecule has 1 N–H and O–H groups in total. The highest BCUT2D eigenvalue weighted by Crippen LogP contribution is 2.17. The molecule has 3 rings (SSSR count). The molecule has 0 aliphatic carbocycles. The summed E-state index contributed by atoms with van der Waals surface area (Å²) in [6.45, 7) is 0.389. The molecular weight excluding hydrogens is 314 g/mol. The molecule has 0 aliphatic heterocycles. The average molecular weight is 328 g/mol. The van der Waals surface area contributed by atoms with Crippen LogP contribution in [0.15, 0.2) is 59.0 Å². The minimum atomic E-state index is -0.224. The SMILES string of the molecule is O=C(NCCc1nnc(-c2ccccc2)o1)c1ccccc1Cl. The lowest BCUT2D eigenvalue weighted by Crippen LogP contribution is -2.26. The third-order valence-electron chi connectivity index (χ3n) is 3.23. The molecule has 0 atom stereocenters. The number of rotatable bonds is 5. The molecule has 0 unspecified atom stereocenters. The summed E-state index contributed by atoms with van der Waals surface area (Å²) in [4.78, 5) is 12.0. The van der Waals surface area contributed by atoms with Gasteiger partial charge in [0.15, 0.2) is 0 Å². The van der Waals surface area contributed by atoms with Crippen molar-refractivity contribution in [3.8, 4) is 11.5 Å². The molecule has 0 bridgehead atoms. The second-order valence-corrected chi connectivity index (χ2v) is 5.26. The maximum absolute atomic E-state index is 12.0. The van der Waals surface area contributed by atoms with Crippen LogP contribution in [0.1, 0.15) is 16.2 Å². The maximum Gasteiger partial charge on any atom is 0.252 e. The molecule has 1 amide bonds. The van der Waals surface area contributed by atoms with Crippen molar-refractivity contribution in [1.82, 2.24) is 15.5 Å². The van der Waals surface area contributed by atoms with Crippen molar-refractivity contribution in [1.29, 1.82) is 0 Å². The third kappa shape index (κ3) is 3.76. The Morgan fingerprint density at radius 2 is 1.78 bits per heavy atom. The monoisotopic (exact) mass is 327 g/mol. The van der Waals surface area contributed by atoms with Gasteiger partial charge >= 0.3 is 0 Å². The van der Waals surface area contributed by atoms with Gasteiger partial charge in [0.05, 0.1) is 10.6 Å². The van der Waals surface area contributed by atoms with Crippen LogP contribution in [0.2, 0.25) is 5.02 Å². The highest BCUT2D eigenvalue weighted by Gasteiger charge is 2.11. The Kier molecular flexibility index (Phi) is 4.68. The van der Waals surface area contributed by atoms with Crippen LogP contribution >= 0.6 is 11.6 Å². The van der Waals surface area contributed by atoms with Crippen molar-refractivity contribution in [2.45, 2.75) is 6.42 Å². The molecule has 0 radical (unpaired) electrons. The highest BCUT2D eigenvalue weighted by molar-refractivity contribution is 6.33. The lowest BCUT2D eigenvalue weighted by atomic mass is 10.2. The van der Waals surface area contributed by atoms with E-state index in [0.717, 1.165) is 5.56 Å². The summed E-state index contributed by atoms with van der Waals surface area (Å²) < 4.78 is 5.58. The van der Waals surface area contributed by atoms with Gasteiger partial charge in [-0.15, -0.1) is 10.2 Å². The molecule has 1 aromatic heterocycles. The van der Waals surface area contributed by atoms with E-state index < -0.39 is 0 Å². The van der Waals surface area contributed by atoms with Crippen LogP contribution in [0.4, 0.5) is 0 Å². The van der Waals surface area contributed by atoms with Crippen LogP contribution in [0.5, 0.6) is 0 Å². The predicted molar refractivity (Wildman–Crippen MR) is 87.2 cm³/mol. The van der Waals surface area contributed by atoms with E-state index >= 15 is 0 Å². The summed E-state index contributed by atoms with van der Waals surface area (Å²) in [6.07, 6.45) is 0.454. The Hall–Kier alpha value is -2.66. The number of nitrogens with zero attached hydrogens (tertiary/aromatic N) is 2. The van der Waals surface area contributed by atoms with E-state index in [0.29, 0.717) is 35.3 Å². The Balaban J connectivity index is 1.56. The summed E-state index contributed by atoms with van der Waals surface area (Å²) >= 11 is 5.98. The van der Waals surface area contributed by atoms with Crippen LogP contribution in [-0.2, 0) is 6.42 Å². The summed E-state index contributed by atoms with van der Waals surface area (Å²) in [5, 5.41) is 11.2. The van der Waals surface area contributed by atoms with Gasteiger partial charge in [-0.3, -0.25) is 4.79 Å². The number of carbonyl (C=O) groups excluding carboxylic acids is 1. The fourth-order valence-electron chi connectivity index (χ4n) is 2.08. The van der Waals surface area contributed by atoms with Gasteiger partial charge in [0.25, 0.3) is 5.91 Å². The minimum absolute atomic E-state index is 0.224. The van der Waals surface area contributed by atoms with E-state index in [1.165, 1.54) is 0 Å². The van der Waals surface area contributed by atoms with Gasteiger partial charge in [0, 0.05) is 18.5 Å². The van der Waals surface area contributed by atoms with E-state index in [9.17, 15) is 4.79 Å². The number of nitrogens with one attached hydrogen (secondary N) is 1. The molecule has 23 heavy (non-hydrogen) atoms. The first-order chi connectivity index (χ1) is 11.2. The number of carbonyl (C=O) groups is 1. The van der Waals surface area contributed by atoms with Gasteiger partial charge < -0.3 is 9.73 Å². The molecule has 6 heteroatoms. The molecule has 0 saturated carbocycles. The van der Waals surface area contributed by atoms with Crippen LogP contribution < -0.4 is 5.32 Å². The van der Waals surface area contributed by atoms with E-state index in [1.807, 2.05) is 30.3 Å². The molecule has 116 valence electrons. The third-order valence-corrected chi connectivity index (χ3v) is 3.56. The summed E-state index contributed by atoms with van der Waals surface area (Å²) in [7, 11) is 0. The van der Waals surface area contributed by atoms with Crippen molar-refractivity contribution < 1.29 is 9.21 Å². The van der Waals surface area contributed by atoms with Crippen molar-refractivity contribution in [2.24, 2.45) is 0 Å². The van der Waals surface area contributed by atoms with Crippen molar-refractivity contribution in [2.75, 3.05) is 6.54 Å². The summed E-state index contributed by atoms with van der Waals surface area (Å²) in [5.41, 5.74) is 1.32. The Labute approximate surface area is 138 Å². The zero-order valence-electron chi connectivity index (χ0n) is 12.2. The van der Waals surface area contributed by atoms with Gasteiger partial charge in [0.1, 0.15) is 0 Å². The van der Waals surface area contributed by atoms with E-state index in [-0.39, 0.29) is 5.91 Å². The lowest BCUT2D eigenvalue weighted by Gasteiger charge is -2.04. The minimum Gasteiger partial charge on any atom is -0.421 e. The van der Waals surface area contributed by atoms with Crippen LogP contribution in [0, 0.1) is 0 Å². The molecule has 5 nitrogen and oxygen atoms in total. The van der Waals surface area contributed by atoms with E-state index in [2.05, 4.69) is 15.5 Å². The zero-order valence-corrected chi connectivity index (χ0v) is 13.0. The highest BCUT2D eigenvalue weighted by atomic mass is 35.5. The Morgan fingerprint density at radius 3 is 2.57 bits per heavy atom. The number of amides is 1. The van der Waals surface area contributed by atoms with E-state index in [1.54, 1.807) is 24.3 Å². The number of aromatic nitrogens is 2. The molecule has 0 spiro atoms. The number of halogens is 1. The second-order valence-electron chi connectivity index (χ2n) is 4.85. The normalized spacial score (nSPS) is 10.5. The zero-order chi connectivity index (χ0) is 16.1. The average Bonchev–Trinajstić information content (AvgIpc) is 3.05. The molecule has 0 saturated heterocycles. The van der Waals surface area contributed by atoms with Gasteiger partial charge in [0.2, 0.25) is 11.8 Å². The summed E-state index contributed by atoms with van der Waals surface area (Å²) in [6, 6.07) is 16.4. The molecule has 2 aromatic carbocycles. The van der Waals surface area contributed by atoms with Gasteiger partial charge in [-0.1, -0.05) is 41.9 Å². The standard InChI is InChI=1S/C17H14ClN3O2/c18-14-9-5-4-8-13(14)16(22)19-11-10-15-20-21-17(23-15)12-6-2-1-3-7-12/h1-9H,10-11H2,(H,19,22). The quantitative estimate of drug-likeness (QED) is 0.780. The topological polar surface area (TPSA) is 68.0 Å². The smallest absolute Gasteiger partial charge is 0.252 e. The fraction of sp³-hybridized carbons (Fsp3) is 0.118. The molecule has 3 aromatic rings. The van der Waals surface area contributed by atoms with Gasteiger partial charge in [-0.05, 0) is 24.3 Å². The van der Waals surface area contributed by atoms with Crippen LogP contribution in [0.25, 0.3) is 11.5 Å². The first kappa shape index (κ1) is 15.2. The predicted octanol–water partition coefficient (Wildman–Crippen LogP) is 3.36. The van der Waals surface area contributed by atoms with Crippen LogP contribution in [0.3, 0.4) is 0 Å². The number of hydrogen-bond acceptors (Lipinski definition) is 4. The second kappa shape index (κ2) is 7.07. The first-order valence-electron chi connectivity index (χ1n) is 7.14. The molecule has 0 aliphatic rings. The Morgan fingerprint density at radius 1 is 1.04 bits per heavy atom. The van der Waals surface area contributed by atoms with Gasteiger partial charge in [-0.25, -0.2) is 0 Å². The van der Waals surface area contributed by atoms with E-state index in [4.69, 9.17) is 16.0 Å². The fourth-order valence-corrected chi connectivity index (χ4v) is 2.30. The Bertz CT molecular complexity index is 802. The summed E-state index contributed by atoms with van der Waals surface area (Å²) in [5.74, 6) is 0.722. The molecule has 0 fully saturated rings. The lowest BCUT2D eigenvalue weighted by molar-refractivity contribution is 0.0954. The van der Waals surface area contributed by atoms with Crippen molar-refractivity contribution >= 4 is 17.5 Å². The van der Waals surface area contributed by atoms with Gasteiger partial charge in [-0.2, -0.15) is 0 Å². The maximum atomic E-state index is 12.0. The van der Waals surface area contributed by atoms with Crippen LogP contribution in [-0.4, -0.2) is 22.6 Å². The number of benzene rings is 2. The first-order valence-corrected chi connectivity index (χ1v) is 7.52. The van der Waals surface area contributed by atoms with Crippen molar-refractivity contribution in [3.63, 3.8) is 0 Å². The van der Waals surface area contributed by atoms with Crippen molar-refractivity contribution in [3.05, 3.63) is 71.1 Å². The largest absolute Gasteiger partial charge is 0.421 e.